The number of nitriles is 1. The van der Waals surface area contributed by atoms with Gasteiger partial charge in [-0.25, -0.2) is 0 Å². The molecule has 1 heterocycles. The van der Waals surface area contributed by atoms with Crippen molar-refractivity contribution in [2.45, 2.75) is 59.5 Å². The van der Waals surface area contributed by atoms with Crippen molar-refractivity contribution < 1.29 is 4.74 Å². The van der Waals surface area contributed by atoms with Crippen molar-refractivity contribution in [3.05, 3.63) is 23.0 Å². The van der Waals surface area contributed by atoms with E-state index in [2.05, 4.69) is 24.9 Å². The smallest absolute Gasteiger partial charge is 0.141 e. The predicted octanol–water partition coefficient (Wildman–Crippen LogP) is 3.92. The van der Waals surface area contributed by atoms with Gasteiger partial charge in [0.1, 0.15) is 17.4 Å². The normalized spacial score (nSPS) is 18.9. The molecule has 0 radical (unpaired) electrons. The van der Waals surface area contributed by atoms with Crippen LogP contribution in [-0.2, 0) is 0 Å². The molecule has 1 aliphatic rings. The molecular weight excluding hydrogens is 236 g/mol. The van der Waals surface area contributed by atoms with Gasteiger partial charge in [-0.3, -0.25) is 4.98 Å². The number of nitrogens with zero attached hydrogens (tertiary/aromatic N) is 2. The Morgan fingerprint density at radius 2 is 1.95 bits per heavy atom. The molecule has 1 aliphatic carbocycles. The molecule has 0 N–H and O–H groups in total. The topological polar surface area (TPSA) is 45.9 Å². The molecule has 3 nitrogen and oxygen atoms in total. The van der Waals surface area contributed by atoms with Crippen molar-refractivity contribution >= 4 is 0 Å². The molecule has 0 unspecified atom stereocenters. The molecule has 0 aliphatic heterocycles. The van der Waals surface area contributed by atoms with Crippen LogP contribution in [0.1, 0.15) is 56.5 Å². The fourth-order valence-corrected chi connectivity index (χ4v) is 2.69. The van der Waals surface area contributed by atoms with Gasteiger partial charge in [0, 0.05) is 11.8 Å². The Labute approximate surface area is 115 Å². The van der Waals surface area contributed by atoms with Crippen molar-refractivity contribution in [1.82, 2.24) is 4.98 Å². The standard InChI is InChI=1S/C16H22N2O/c1-11-9-15(14(10-17)12(2)18-11)19-13-5-7-16(3,4)8-6-13/h9,13H,5-8H2,1-4H3. The minimum Gasteiger partial charge on any atom is -0.489 e. The maximum Gasteiger partial charge on any atom is 0.141 e. The number of hydrogen-bond donors (Lipinski definition) is 0. The number of ether oxygens (including phenoxy) is 1. The fraction of sp³-hybridized carbons (Fsp3) is 0.625. The molecule has 3 heteroatoms. The van der Waals surface area contributed by atoms with Crippen LogP contribution in [0.2, 0.25) is 0 Å². The molecule has 0 aromatic carbocycles. The van der Waals surface area contributed by atoms with E-state index in [0.29, 0.717) is 16.7 Å². The first-order valence-electron chi connectivity index (χ1n) is 6.96. The molecule has 1 aromatic heterocycles. The molecule has 1 fully saturated rings. The lowest BCUT2D eigenvalue weighted by Gasteiger charge is -2.34. The van der Waals surface area contributed by atoms with Gasteiger partial charge in [-0.1, -0.05) is 13.8 Å². The summed E-state index contributed by atoms with van der Waals surface area (Å²) < 4.78 is 6.07. The number of aryl methyl sites for hydroxylation is 2. The van der Waals surface area contributed by atoms with Crippen LogP contribution in [0.5, 0.6) is 5.75 Å². The van der Waals surface area contributed by atoms with Crippen molar-refractivity contribution in [1.29, 1.82) is 5.26 Å². The van der Waals surface area contributed by atoms with Crippen LogP contribution < -0.4 is 4.74 Å². The monoisotopic (exact) mass is 258 g/mol. The average Bonchev–Trinajstić information content (AvgIpc) is 2.31. The fourth-order valence-electron chi connectivity index (χ4n) is 2.69. The second kappa shape index (κ2) is 5.21. The largest absolute Gasteiger partial charge is 0.489 e. The molecule has 1 saturated carbocycles. The minimum absolute atomic E-state index is 0.237. The molecular formula is C16H22N2O. The van der Waals surface area contributed by atoms with E-state index in [-0.39, 0.29) is 6.10 Å². The first-order chi connectivity index (χ1) is 8.91. The quantitative estimate of drug-likeness (QED) is 0.807. The molecule has 0 bridgehead atoms. The first-order valence-corrected chi connectivity index (χ1v) is 6.96. The molecule has 102 valence electrons. The minimum atomic E-state index is 0.237. The summed E-state index contributed by atoms with van der Waals surface area (Å²) in [5, 5.41) is 9.23. The van der Waals surface area contributed by atoms with E-state index in [1.165, 1.54) is 12.8 Å². The van der Waals surface area contributed by atoms with E-state index in [9.17, 15) is 5.26 Å². The SMILES string of the molecule is Cc1cc(OC2CCC(C)(C)CC2)c(C#N)c(C)n1. The summed E-state index contributed by atoms with van der Waals surface area (Å²) >= 11 is 0. The molecule has 0 spiro atoms. The van der Waals surface area contributed by atoms with Crippen LogP contribution in [0.15, 0.2) is 6.07 Å². The lowest BCUT2D eigenvalue weighted by atomic mass is 9.76. The summed E-state index contributed by atoms with van der Waals surface area (Å²) in [4.78, 5) is 4.32. The zero-order valence-electron chi connectivity index (χ0n) is 12.3. The number of rotatable bonds is 2. The summed E-state index contributed by atoms with van der Waals surface area (Å²) in [5.74, 6) is 0.706. The van der Waals surface area contributed by atoms with E-state index >= 15 is 0 Å². The highest BCUT2D eigenvalue weighted by Gasteiger charge is 2.28. The Bertz CT molecular complexity index is 504. The van der Waals surface area contributed by atoms with Gasteiger partial charge in [0.25, 0.3) is 0 Å². The lowest BCUT2D eigenvalue weighted by Crippen LogP contribution is -2.28. The van der Waals surface area contributed by atoms with E-state index in [0.717, 1.165) is 24.2 Å². The zero-order chi connectivity index (χ0) is 14.0. The number of aromatic nitrogens is 1. The van der Waals surface area contributed by atoms with Gasteiger partial charge in [0.2, 0.25) is 0 Å². The van der Waals surface area contributed by atoms with Gasteiger partial charge in [-0.2, -0.15) is 5.26 Å². The lowest BCUT2D eigenvalue weighted by molar-refractivity contribution is 0.0983. The maximum absolute atomic E-state index is 9.23. The van der Waals surface area contributed by atoms with Crippen molar-refractivity contribution in [2.24, 2.45) is 5.41 Å². The summed E-state index contributed by atoms with van der Waals surface area (Å²) in [5.41, 5.74) is 2.67. The number of pyridine rings is 1. The highest BCUT2D eigenvalue weighted by atomic mass is 16.5. The van der Waals surface area contributed by atoms with Gasteiger partial charge < -0.3 is 4.74 Å². The van der Waals surface area contributed by atoms with Gasteiger partial charge in [0.05, 0.1) is 11.8 Å². The third-order valence-corrected chi connectivity index (χ3v) is 3.98. The summed E-state index contributed by atoms with van der Waals surface area (Å²) in [6, 6.07) is 4.09. The van der Waals surface area contributed by atoms with Crippen LogP contribution >= 0.6 is 0 Å². The van der Waals surface area contributed by atoms with Crippen molar-refractivity contribution in [2.75, 3.05) is 0 Å². The third kappa shape index (κ3) is 3.26. The second-order valence-electron chi connectivity index (χ2n) is 6.32. The maximum atomic E-state index is 9.23. The van der Waals surface area contributed by atoms with E-state index in [1.54, 1.807) is 0 Å². The Kier molecular flexibility index (Phi) is 3.80. The van der Waals surface area contributed by atoms with Crippen LogP contribution in [-0.4, -0.2) is 11.1 Å². The Morgan fingerprint density at radius 1 is 1.32 bits per heavy atom. The third-order valence-electron chi connectivity index (χ3n) is 3.98. The summed E-state index contributed by atoms with van der Waals surface area (Å²) in [6.07, 6.45) is 4.74. The highest BCUT2D eigenvalue weighted by Crippen LogP contribution is 2.37. The first kappa shape index (κ1) is 13.9. The zero-order valence-corrected chi connectivity index (χ0v) is 12.3. The molecule has 2 rings (SSSR count). The molecule has 19 heavy (non-hydrogen) atoms. The van der Waals surface area contributed by atoms with Crippen LogP contribution in [0, 0.1) is 30.6 Å². The average molecular weight is 258 g/mol. The van der Waals surface area contributed by atoms with E-state index in [4.69, 9.17) is 4.74 Å². The Hall–Kier alpha value is -1.56. The van der Waals surface area contributed by atoms with Gasteiger partial charge in [-0.15, -0.1) is 0 Å². The van der Waals surface area contributed by atoms with Gasteiger partial charge in [0.15, 0.2) is 0 Å². The predicted molar refractivity (Wildman–Crippen MR) is 75.1 cm³/mol. The van der Waals surface area contributed by atoms with Gasteiger partial charge in [-0.05, 0) is 44.9 Å². The van der Waals surface area contributed by atoms with Crippen molar-refractivity contribution in [3.8, 4) is 11.8 Å². The van der Waals surface area contributed by atoms with Gasteiger partial charge >= 0.3 is 0 Å². The Morgan fingerprint density at radius 3 is 2.53 bits per heavy atom. The summed E-state index contributed by atoms with van der Waals surface area (Å²) in [7, 11) is 0. The van der Waals surface area contributed by atoms with E-state index in [1.807, 2.05) is 19.9 Å². The second-order valence-corrected chi connectivity index (χ2v) is 6.32. The molecule has 0 amide bonds. The Balaban J connectivity index is 2.14. The molecule has 1 aromatic rings. The highest BCUT2D eigenvalue weighted by molar-refractivity contribution is 5.46. The summed E-state index contributed by atoms with van der Waals surface area (Å²) in [6.45, 7) is 8.42. The molecule has 0 atom stereocenters. The van der Waals surface area contributed by atoms with Crippen LogP contribution in [0.25, 0.3) is 0 Å². The number of hydrogen-bond acceptors (Lipinski definition) is 3. The van der Waals surface area contributed by atoms with E-state index < -0.39 is 0 Å². The van der Waals surface area contributed by atoms with Crippen LogP contribution in [0.3, 0.4) is 0 Å². The van der Waals surface area contributed by atoms with Crippen LogP contribution in [0.4, 0.5) is 0 Å². The molecule has 0 saturated heterocycles. The van der Waals surface area contributed by atoms with Crippen molar-refractivity contribution in [3.63, 3.8) is 0 Å².